The molecule has 4 N–H and O–H groups in total. The highest BCUT2D eigenvalue weighted by Crippen LogP contribution is 2.31. The molecule has 6 aromatic rings. The number of aromatic amines is 1. The number of aryl methyl sites for hydroxylation is 2. The third-order valence-corrected chi connectivity index (χ3v) is 8.25. The van der Waals surface area contributed by atoms with E-state index in [1.165, 1.54) is 42.2 Å². The minimum Gasteiger partial charge on any atom is -0.433 e. The Kier molecular flexibility index (Phi) is 7.43. The van der Waals surface area contributed by atoms with E-state index in [1.54, 1.807) is 6.92 Å². The third kappa shape index (κ3) is 5.49. The molecule has 0 bridgehead atoms. The predicted molar refractivity (Wildman–Crippen MR) is 158 cm³/mol. The average Bonchev–Trinajstić information content (AvgIpc) is 3.59. The number of ether oxygens (including phenoxy) is 1. The fraction of sp³-hybridized carbons (Fsp3) is 0.0667. The highest BCUT2D eigenvalue weighted by atomic mass is 32.2. The van der Waals surface area contributed by atoms with Crippen LogP contribution in [0.15, 0.2) is 72.0 Å². The lowest BCUT2D eigenvalue weighted by Crippen LogP contribution is -2.16. The van der Waals surface area contributed by atoms with Gasteiger partial charge < -0.3 is 15.5 Å². The first-order valence-corrected chi connectivity index (χ1v) is 14.7. The number of aromatic nitrogens is 5. The van der Waals surface area contributed by atoms with Gasteiger partial charge in [0.2, 0.25) is 23.4 Å². The normalized spacial score (nSPS) is 11.6. The van der Waals surface area contributed by atoms with Crippen LogP contribution >= 0.6 is 0 Å². The van der Waals surface area contributed by atoms with Crippen molar-refractivity contribution in [3.8, 4) is 17.3 Å². The number of carbonyl (C=O) groups is 1. The van der Waals surface area contributed by atoms with Gasteiger partial charge in [0.25, 0.3) is 10.0 Å². The smallest absolute Gasteiger partial charge is 0.266 e. The number of carbonyl (C=O) groups excluding carboxylic acids is 1. The number of benzene rings is 2. The lowest BCUT2D eigenvalue weighted by molar-refractivity contribution is 0.103. The Morgan fingerprint density at radius 3 is 2.41 bits per heavy atom. The minimum atomic E-state index is -4.55. The molecule has 234 valence electrons. The van der Waals surface area contributed by atoms with E-state index in [0.29, 0.717) is 16.8 Å². The molecule has 4 aromatic heterocycles. The Morgan fingerprint density at radius 2 is 1.70 bits per heavy atom. The summed E-state index contributed by atoms with van der Waals surface area (Å²) in [6.45, 7) is 3.17. The number of H-pyrrole nitrogens is 1. The van der Waals surface area contributed by atoms with Gasteiger partial charge in [0.05, 0.1) is 35.0 Å². The van der Waals surface area contributed by atoms with Crippen molar-refractivity contribution < 1.29 is 35.5 Å². The first kappa shape index (κ1) is 30.3. The molecular weight excluding hydrogens is 630 g/mol. The number of nitrogens with two attached hydrogens (primary N) is 1. The molecule has 0 aliphatic heterocycles. The standard InChI is InChI=1S/C30H21F4N7O4S/c1-14-6-25(29(34)37-11-14)46(43,44)40-22-10-21-16(8-20(22)33)9-23(39-21)27(42)17-12-38-41(30(17)35)24-13-36-26(7-15(24)2)45-28-18(31)4-3-5-19(28)32/h3-13,39-40H,35H2,1-2H3. The number of hydrogen-bond donors (Lipinski definition) is 3. The number of halogens is 4. The lowest BCUT2D eigenvalue weighted by atomic mass is 10.1. The first-order valence-electron chi connectivity index (χ1n) is 13.3. The SMILES string of the molecule is Cc1cnc(F)c(S(=O)(=O)Nc2cc3[nH]c(C(=O)c4cnn(-c5cnc(Oc6c(F)cccc6F)cc5C)c4N)cc3cc2F)c1. The third-order valence-electron chi connectivity index (χ3n) is 6.89. The highest BCUT2D eigenvalue weighted by molar-refractivity contribution is 7.92. The maximum atomic E-state index is 14.9. The molecule has 0 atom stereocenters. The van der Waals surface area contributed by atoms with Gasteiger partial charge in [0.15, 0.2) is 11.6 Å². The van der Waals surface area contributed by atoms with E-state index in [1.807, 2.05) is 4.72 Å². The maximum absolute atomic E-state index is 14.9. The molecule has 6 rings (SSSR count). The van der Waals surface area contributed by atoms with Gasteiger partial charge >= 0.3 is 0 Å². The van der Waals surface area contributed by atoms with Crippen molar-refractivity contribution in [2.45, 2.75) is 18.7 Å². The van der Waals surface area contributed by atoms with E-state index in [-0.39, 0.29) is 33.9 Å². The minimum absolute atomic E-state index is 0.0138. The largest absolute Gasteiger partial charge is 0.433 e. The summed E-state index contributed by atoms with van der Waals surface area (Å²) in [7, 11) is -4.55. The van der Waals surface area contributed by atoms with Crippen molar-refractivity contribution in [2.24, 2.45) is 0 Å². The van der Waals surface area contributed by atoms with Gasteiger partial charge in [-0.1, -0.05) is 6.07 Å². The number of nitrogens with one attached hydrogen (secondary N) is 2. The molecule has 0 radical (unpaired) electrons. The van der Waals surface area contributed by atoms with Crippen LogP contribution in [-0.2, 0) is 10.0 Å². The average molecular weight is 652 g/mol. The number of nitrogens with zero attached hydrogens (tertiary/aromatic N) is 4. The fourth-order valence-electron chi connectivity index (χ4n) is 4.62. The molecule has 0 spiro atoms. The van der Waals surface area contributed by atoms with Crippen molar-refractivity contribution in [3.63, 3.8) is 0 Å². The summed E-state index contributed by atoms with van der Waals surface area (Å²) < 4.78 is 91.2. The Hall–Kier alpha value is -5.77. The Balaban J connectivity index is 1.26. The van der Waals surface area contributed by atoms with E-state index in [4.69, 9.17) is 10.5 Å². The second kappa shape index (κ2) is 11.3. The van der Waals surface area contributed by atoms with Crippen LogP contribution in [0.1, 0.15) is 27.2 Å². The molecule has 0 aliphatic carbocycles. The molecule has 0 saturated carbocycles. The van der Waals surface area contributed by atoms with Crippen LogP contribution in [0.5, 0.6) is 11.6 Å². The van der Waals surface area contributed by atoms with Crippen LogP contribution in [0.25, 0.3) is 16.6 Å². The number of anilines is 2. The van der Waals surface area contributed by atoms with Crippen molar-refractivity contribution in [1.29, 1.82) is 0 Å². The molecule has 46 heavy (non-hydrogen) atoms. The highest BCUT2D eigenvalue weighted by Gasteiger charge is 2.24. The Morgan fingerprint density at radius 1 is 0.957 bits per heavy atom. The molecule has 0 unspecified atom stereocenters. The number of fused-ring (bicyclic) bond motifs is 1. The maximum Gasteiger partial charge on any atom is 0.266 e. The molecule has 2 aromatic carbocycles. The van der Waals surface area contributed by atoms with Crippen molar-refractivity contribution in [1.82, 2.24) is 24.7 Å². The zero-order valence-corrected chi connectivity index (χ0v) is 24.6. The summed E-state index contributed by atoms with van der Waals surface area (Å²) in [6, 6.07) is 9.22. The molecule has 0 amide bonds. The lowest BCUT2D eigenvalue weighted by Gasteiger charge is -2.11. The van der Waals surface area contributed by atoms with Crippen LogP contribution in [0.3, 0.4) is 0 Å². The van der Waals surface area contributed by atoms with Gasteiger partial charge in [-0.2, -0.15) is 9.49 Å². The second-order valence-electron chi connectivity index (χ2n) is 10.2. The van der Waals surface area contributed by atoms with Gasteiger partial charge in [-0.15, -0.1) is 0 Å². The Labute approximate surface area is 257 Å². The second-order valence-corrected chi connectivity index (χ2v) is 11.8. The van der Waals surface area contributed by atoms with Crippen molar-refractivity contribution in [2.75, 3.05) is 10.5 Å². The number of pyridine rings is 2. The van der Waals surface area contributed by atoms with Crippen molar-refractivity contribution >= 4 is 38.2 Å². The number of nitrogen functional groups attached to an aromatic ring is 1. The summed E-state index contributed by atoms with van der Waals surface area (Å²) in [5.74, 6) is -5.44. The van der Waals surface area contributed by atoms with E-state index in [9.17, 15) is 30.8 Å². The molecule has 0 fully saturated rings. The van der Waals surface area contributed by atoms with Crippen LogP contribution in [0.4, 0.5) is 29.1 Å². The number of hydrogen-bond acceptors (Lipinski definition) is 8. The van der Waals surface area contributed by atoms with Crippen LogP contribution in [-0.4, -0.2) is 38.9 Å². The zero-order valence-electron chi connectivity index (χ0n) is 23.8. The van der Waals surface area contributed by atoms with Gasteiger partial charge in [-0.3, -0.25) is 9.52 Å². The molecular formula is C30H21F4N7O4S. The summed E-state index contributed by atoms with van der Waals surface area (Å²) >= 11 is 0. The van der Waals surface area contributed by atoms with Crippen LogP contribution in [0.2, 0.25) is 0 Å². The number of rotatable bonds is 8. The summed E-state index contributed by atoms with van der Waals surface area (Å²) in [6.07, 6.45) is 3.66. The van der Waals surface area contributed by atoms with Crippen LogP contribution in [0, 0.1) is 37.2 Å². The van der Waals surface area contributed by atoms with Gasteiger partial charge in [0, 0.05) is 23.2 Å². The molecule has 11 nitrogen and oxygen atoms in total. The summed E-state index contributed by atoms with van der Waals surface area (Å²) in [5.41, 5.74) is 7.14. The van der Waals surface area contributed by atoms with Crippen LogP contribution < -0.4 is 15.2 Å². The Bertz CT molecular complexity index is 2280. The topological polar surface area (TPSA) is 158 Å². The van der Waals surface area contributed by atoms with Gasteiger partial charge in [-0.05, 0) is 61.4 Å². The first-order chi connectivity index (χ1) is 21.8. The van der Waals surface area contributed by atoms with E-state index >= 15 is 0 Å². The van der Waals surface area contributed by atoms with Crippen molar-refractivity contribution in [3.05, 3.63) is 113 Å². The number of ketones is 1. The predicted octanol–water partition coefficient (Wildman–Crippen LogP) is 5.72. The van der Waals surface area contributed by atoms with E-state index < -0.39 is 55.5 Å². The van der Waals surface area contributed by atoms with E-state index in [0.717, 1.165) is 36.5 Å². The summed E-state index contributed by atoms with van der Waals surface area (Å²) in [5, 5.41) is 4.42. The number of para-hydroxylation sites is 1. The molecule has 0 aliphatic rings. The zero-order chi connectivity index (χ0) is 32.9. The fourth-order valence-corrected chi connectivity index (χ4v) is 5.79. The quantitative estimate of drug-likeness (QED) is 0.107. The van der Waals surface area contributed by atoms with E-state index in [2.05, 4.69) is 20.1 Å². The molecule has 4 heterocycles. The van der Waals surface area contributed by atoms with Gasteiger partial charge in [-0.25, -0.2) is 36.2 Å². The molecule has 16 heteroatoms. The summed E-state index contributed by atoms with van der Waals surface area (Å²) in [4.78, 5) is 22.9. The number of sulfonamides is 1. The molecule has 0 saturated heterocycles. The van der Waals surface area contributed by atoms with Gasteiger partial charge in [0.1, 0.15) is 16.5 Å². The monoisotopic (exact) mass is 651 g/mol.